The molecule has 0 spiro atoms. The zero-order chi connectivity index (χ0) is 15.6. The number of hydrogen-bond donors (Lipinski definition) is 0. The van der Waals surface area contributed by atoms with Gasteiger partial charge in [-0.1, -0.05) is 39.0 Å². The first kappa shape index (κ1) is 15.3. The zero-order valence-corrected chi connectivity index (χ0v) is 13.2. The predicted molar refractivity (Wildman–Crippen MR) is 84.9 cm³/mol. The fourth-order valence-electron chi connectivity index (χ4n) is 2.69. The number of benzene rings is 1. The van der Waals surface area contributed by atoms with Gasteiger partial charge in [-0.25, -0.2) is 0 Å². The van der Waals surface area contributed by atoms with Crippen LogP contribution in [-0.2, 0) is 11.2 Å². The van der Waals surface area contributed by atoms with E-state index in [1.165, 1.54) is 5.56 Å². The van der Waals surface area contributed by atoms with E-state index in [0.717, 1.165) is 30.8 Å². The molecule has 0 aliphatic carbocycles. The topological polar surface area (TPSA) is 44.1 Å². The minimum absolute atomic E-state index is 0.0921. The molecule has 2 rings (SSSR count). The Labute approximate surface area is 126 Å². The molecule has 1 aliphatic heterocycles. The van der Waals surface area contributed by atoms with Crippen molar-refractivity contribution in [2.45, 2.75) is 40.5 Å². The van der Waals surface area contributed by atoms with Gasteiger partial charge < -0.3 is 4.90 Å². The first-order chi connectivity index (χ1) is 9.86. The third kappa shape index (κ3) is 3.00. The molecule has 0 aromatic heterocycles. The summed E-state index contributed by atoms with van der Waals surface area (Å²) in [7, 11) is 0. The fourth-order valence-corrected chi connectivity index (χ4v) is 2.69. The fraction of sp³-hybridized carbons (Fsp3) is 0.444. The van der Waals surface area contributed by atoms with Crippen LogP contribution in [0, 0.1) is 16.7 Å². The Kier molecular flexibility index (Phi) is 4.18. The molecule has 1 aromatic rings. The van der Waals surface area contributed by atoms with Gasteiger partial charge in [-0.3, -0.25) is 4.79 Å². The predicted octanol–water partition coefficient (Wildman–Crippen LogP) is 3.85. The minimum Gasteiger partial charge on any atom is -0.344 e. The third-order valence-electron chi connectivity index (χ3n) is 3.90. The van der Waals surface area contributed by atoms with Crippen LogP contribution in [0.25, 0.3) is 0 Å². The molecule has 3 heteroatoms. The van der Waals surface area contributed by atoms with Crippen molar-refractivity contribution in [3.8, 4) is 6.07 Å². The van der Waals surface area contributed by atoms with Gasteiger partial charge in [-0.15, -0.1) is 0 Å². The Balaban J connectivity index is 2.48. The quantitative estimate of drug-likeness (QED) is 0.611. The summed E-state index contributed by atoms with van der Waals surface area (Å²) >= 11 is 0. The van der Waals surface area contributed by atoms with Gasteiger partial charge in [-0.05, 0) is 31.4 Å². The number of nitrogens with zero attached hydrogens (tertiary/aromatic N) is 2. The lowest BCUT2D eigenvalue weighted by atomic mass is 9.85. The number of carbonyl (C=O) groups is 1. The molecule has 3 nitrogen and oxygen atoms in total. The van der Waals surface area contributed by atoms with Crippen molar-refractivity contribution in [3.05, 3.63) is 41.1 Å². The Bertz CT molecular complexity index is 629. The molecule has 0 N–H and O–H groups in total. The van der Waals surface area contributed by atoms with Gasteiger partial charge in [0.1, 0.15) is 11.6 Å². The summed E-state index contributed by atoms with van der Waals surface area (Å²) in [6.07, 6.45) is 2.09. The van der Waals surface area contributed by atoms with Crippen LogP contribution < -0.4 is 4.90 Å². The van der Waals surface area contributed by atoms with Gasteiger partial charge in [0.05, 0.1) is 0 Å². The number of anilines is 1. The van der Waals surface area contributed by atoms with E-state index < -0.39 is 5.41 Å². The number of ketones is 1. The van der Waals surface area contributed by atoms with Crippen molar-refractivity contribution in [1.82, 2.24) is 0 Å². The number of Topliss-reactive ketones (excluding diaryl/α,β-unsaturated/α-hetero) is 1. The van der Waals surface area contributed by atoms with Crippen LogP contribution in [-0.4, -0.2) is 12.3 Å². The lowest BCUT2D eigenvalue weighted by molar-refractivity contribution is -0.122. The van der Waals surface area contributed by atoms with E-state index in [4.69, 9.17) is 0 Å². The largest absolute Gasteiger partial charge is 0.344 e. The van der Waals surface area contributed by atoms with Crippen molar-refractivity contribution in [1.29, 1.82) is 5.26 Å². The van der Waals surface area contributed by atoms with Crippen LogP contribution in [0.2, 0.25) is 0 Å². The second kappa shape index (κ2) is 5.73. The molecular formula is C18H22N2O. The van der Waals surface area contributed by atoms with Crippen molar-refractivity contribution in [2.75, 3.05) is 11.4 Å². The lowest BCUT2D eigenvalue weighted by Crippen LogP contribution is -2.31. The summed E-state index contributed by atoms with van der Waals surface area (Å²) in [5, 5.41) is 9.45. The van der Waals surface area contributed by atoms with Gasteiger partial charge >= 0.3 is 0 Å². The van der Waals surface area contributed by atoms with E-state index in [1.807, 2.05) is 39.8 Å². The third-order valence-corrected chi connectivity index (χ3v) is 3.90. The van der Waals surface area contributed by atoms with E-state index in [1.54, 1.807) is 0 Å². The number of fused-ring (bicyclic) bond motifs is 1. The molecular weight excluding hydrogens is 260 g/mol. The molecule has 0 saturated carbocycles. The van der Waals surface area contributed by atoms with Crippen LogP contribution in [0.4, 0.5) is 5.69 Å². The van der Waals surface area contributed by atoms with Gasteiger partial charge in [0, 0.05) is 23.3 Å². The van der Waals surface area contributed by atoms with E-state index in [9.17, 15) is 10.1 Å². The average molecular weight is 282 g/mol. The summed E-state index contributed by atoms with van der Waals surface area (Å²) in [4.78, 5) is 14.6. The first-order valence-corrected chi connectivity index (χ1v) is 7.37. The number of carbonyl (C=O) groups excluding carboxylic acids is 1. The average Bonchev–Trinajstić information content (AvgIpc) is 2.46. The highest BCUT2D eigenvalue weighted by atomic mass is 16.1. The number of rotatable bonds is 2. The number of allylic oxidation sites excluding steroid dienone is 2. The molecule has 0 saturated heterocycles. The molecule has 0 radical (unpaired) electrons. The Morgan fingerprint density at radius 1 is 1.29 bits per heavy atom. The summed E-state index contributed by atoms with van der Waals surface area (Å²) < 4.78 is 0. The van der Waals surface area contributed by atoms with Crippen molar-refractivity contribution < 1.29 is 4.79 Å². The Morgan fingerprint density at radius 2 is 1.95 bits per heavy atom. The molecule has 0 unspecified atom stereocenters. The molecule has 0 fully saturated rings. The Morgan fingerprint density at radius 3 is 2.57 bits per heavy atom. The number of nitriles is 1. The maximum Gasteiger partial charge on any atom is 0.180 e. The second-order valence-corrected chi connectivity index (χ2v) is 6.54. The second-order valence-electron chi connectivity index (χ2n) is 6.54. The number of para-hydroxylation sites is 1. The number of hydrogen-bond acceptors (Lipinski definition) is 3. The Hall–Kier alpha value is -2.08. The monoisotopic (exact) mass is 282 g/mol. The minimum atomic E-state index is -0.540. The standard InChI is InChI=1S/C18H22N2O/c1-13(15(12-19)17(21)18(2,3)4)20-11-7-9-14-8-5-6-10-16(14)20/h5-6,8,10H,7,9,11H2,1-4H3. The van der Waals surface area contributed by atoms with Crippen LogP contribution in [0.1, 0.15) is 39.7 Å². The van der Waals surface area contributed by atoms with E-state index >= 15 is 0 Å². The SMILES string of the molecule is CC(=C(C#N)C(=O)C(C)(C)C)N1CCCc2ccccc21. The summed E-state index contributed by atoms with van der Waals surface area (Å²) in [6.45, 7) is 8.29. The van der Waals surface area contributed by atoms with E-state index in [-0.39, 0.29) is 11.4 Å². The first-order valence-electron chi connectivity index (χ1n) is 7.37. The molecule has 1 aliphatic rings. The normalized spacial score (nSPS) is 15.9. The van der Waals surface area contributed by atoms with Crippen LogP contribution >= 0.6 is 0 Å². The highest BCUT2D eigenvalue weighted by molar-refractivity contribution is 6.03. The van der Waals surface area contributed by atoms with Gasteiger partial charge in [-0.2, -0.15) is 5.26 Å². The van der Waals surface area contributed by atoms with Gasteiger partial charge in [0.25, 0.3) is 0 Å². The van der Waals surface area contributed by atoms with Crippen molar-refractivity contribution in [3.63, 3.8) is 0 Å². The summed E-state index contributed by atoms with van der Waals surface area (Å²) in [6, 6.07) is 10.3. The van der Waals surface area contributed by atoms with E-state index in [2.05, 4.69) is 23.1 Å². The van der Waals surface area contributed by atoms with Gasteiger partial charge in [0.2, 0.25) is 0 Å². The van der Waals surface area contributed by atoms with Crippen LogP contribution in [0.3, 0.4) is 0 Å². The van der Waals surface area contributed by atoms with E-state index in [0.29, 0.717) is 0 Å². The molecule has 0 amide bonds. The molecule has 110 valence electrons. The highest BCUT2D eigenvalue weighted by Gasteiger charge is 2.29. The zero-order valence-electron chi connectivity index (χ0n) is 13.2. The lowest BCUT2D eigenvalue weighted by Gasteiger charge is -2.33. The summed E-state index contributed by atoms with van der Waals surface area (Å²) in [5.74, 6) is -0.0921. The molecule has 0 atom stereocenters. The molecule has 1 heterocycles. The molecule has 1 aromatic carbocycles. The summed E-state index contributed by atoms with van der Waals surface area (Å²) in [5.41, 5.74) is 2.91. The van der Waals surface area contributed by atoms with Crippen LogP contribution in [0.5, 0.6) is 0 Å². The smallest absolute Gasteiger partial charge is 0.180 e. The number of aryl methyl sites for hydroxylation is 1. The highest BCUT2D eigenvalue weighted by Crippen LogP contribution is 2.32. The maximum atomic E-state index is 12.5. The molecule has 0 bridgehead atoms. The van der Waals surface area contributed by atoms with Crippen LogP contribution in [0.15, 0.2) is 35.5 Å². The van der Waals surface area contributed by atoms with Crippen molar-refractivity contribution in [2.24, 2.45) is 5.41 Å². The van der Waals surface area contributed by atoms with Crippen molar-refractivity contribution >= 4 is 11.5 Å². The molecule has 21 heavy (non-hydrogen) atoms. The maximum absolute atomic E-state index is 12.5. The van der Waals surface area contributed by atoms with Gasteiger partial charge in [0.15, 0.2) is 5.78 Å².